The molecule has 0 aliphatic carbocycles. The number of amides is 2. The second-order valence-corrected chi connectivity index (χ2v) is 8.52. The molecule has 1 atom stereocenters. The lowest BCUT2D eigenvalue weighted by atomic mass is 10.1. The Kier molecular flexibility index (Phi) is 5.92. The largest absolute Gasteiger partial charge is 0.325 e. The van der Waals surface area contributed by atoms with E-state index in [9.17, 15) is 9.59 Å². The van der Waals surface area contributed by atoms with E-state index < -0.39 is 6.04 Å². The minimum Gasteiger partial charge on any atom is -0.325 e. The molecule has 154 valence electrons. The number of benzene rings is 2. The van der Waals surface area contributed by atoms with Crippen LogP contribution in [0.15, 0.2) is 52.4 Å². The molecule has 2 heterocycles. The molecule has 0 bridgehead atoms. The number of nitrogens with zero attached hydrogens (tertiary/aromatic N) is 3. The molecule has 1 unspecified atom stereocenters. The van der Waals surface area contributed by atoms with Crippen LogP contribution in [0.25, 0.3) is 0 Å². The van der Waals surface area contributed by atoms with E-state index in [4.69, 9.17) is 11.6 Å². The van der Waals surface area contributed by atoms with Crippen LogP contribution in [0, 0.1) is 6.92 Å². The molecule has 4 rings (SSSR count). The fourth-order valence-corrected chi connectivity index (χ4v) is 4.38. The van der Waals surface area contributed by atoms with Crippen molar-refractivity contribution >= 4 is 57.6 Å². The molecule has 30 heavy (non-hydrogen) atoms. The topological polar surface area (TPSA) is 74.1 Å². The van der Waals surface area contributed by atoms with E-state index in [1.807, 2.05) is 44.2 Å². The van der Waals surface area contributed by atoms with E-state index in [1.165, 1.54) is 11.8 Å². The zero-order valence-electron chi connectivity index (χ0n) is 16.7. The fraction of sp³-hybridized carbons (Fsp3) is 0.273. The van der Waals surface area contributed by atoms with Crippen LogP contribution in [0.2, 0.25) is 5.02 Å². The highest BCUT2D eigenvalue weighted by Gasteiger charge is 2.40. The van der Waals surface area contributed by atoms with Gasteiger partial charge in [-0.3, -0.25) is 14.6 Å². The second kappa shape index (κ2) is 8.62. The first-order chi connectivity index (χ1) is 14.5. The van der Waals surface area contributed by atoms with Crippen LogP contribution in [0.5, 0.6) is 0 Å². The summed E-state index contributed by atoms with van der Waals surface area (Å²) < 4.78 is 0. The number of hydrogen-bond acceptors (Lipinski definition) is 5. The highest BCUT2D eigenvalue weighted by molar-refractivity contribution is 8.14. The molecule has 0 fully saturated rings. The zero-order chi connectivity index (χ0) is 21.3. The van der Waals surface area contributed by atoms with Crippen molar-refractivity contribution in [1.29, 1.82) is 0 Å². The zero-order valence-corrected chi connectivity index (χ0v) is 18.3. The van der Waals surface area contributed by atoms with Gasteiger partial charge in [-0.25, -0.2) is 9.89 Å². The van der Waals surface area contributed by atoms with Crippen molar-refractivity contribution in [1.82, 2.24) is 4.90 Å². The van der Waals surface area contributed by atoms with Gasteiger partial charge in [-0.1, -0.05) is 54.9 Å². The van der Waals surface area contributed by atoms with Crippen molar-refractivity contribution in [3.63, 3.8) is 0 Å². The summed E-state index contributed by atoms with van der Waals surface area (Å²) in [7, 11) is 0. The molecule has 0 saturated heterocycles. The first kappa shape index (κ1) is 20.6. The monoisotopic (exact) mass is 440 g/mol. The Morgan fingerprint density at radius 2 is 2.07 bits per heavy atom. The fourth-order valence-electron chi connectivity index (χ4n) is 3.41. The molecule has 0 spiro atoms. The van der Waals surface area contributed by atoms with Crippen LogP contribution in [-0.2, 0) is 9.59 Å². The maximum atomic E-state index is 13.0. The molecule has 0 saturated carbocycles. The first-order valence-corrected chi connectivity index (χ1v) is 11.1. The van der Waals surface area contributed by atoms with Gasteiger partial charge in [-0.05, 0) is 43.2 Å². The molecule has 6 nitrogen and oxygen atoms in total. The lowest BCUT2D eigenvalue weighted by Crippen LogP contribution is -2.41. The molecule has 0 aromatic heterocycles. The molecular formula is C22H21ClN4O2S. The quantitative estimate of drug-likeness (QED) is 0.727. The number of anilines is 1. The molecule has 2 amide bonds. The molecule has 2 aromatic rings. The van der Waals surface area contributed by atoms with E-state index >= 15 is 0 Å². The molecular weight excluding hydrogens is 420 g/mol. The van der Waals surface area contributed by atoms with Gasteiger partial charge >= 0.3 is 0 Å². The summed E-state index contributed by atoms with van der Waals surface area (Å²) >= 11 is 7.26. The number of carbonyl (C=O) groups is 2. The summed E-state index contributed by atoms with van der Waals surface area (Å²) in [4.78, 5) is 36.4. The van der Waals surface area contributed by atoms with Gasteiger partial charge in [0.2, 0.25) is 5.91 Å². The third-order valence-electron chi connectivity index (χ3n) is 4.92. The minimum absolute atomic E-state index is 0.0845. The smallest absolute Gasteiger partial charge is 0.259 e. The van der Waals surface area contributed by atoms with Gasteiger partial charge < -0.3 is 5.32 Å². The van der Waals surface area contributed by atoms with Gasteiger partial charge in [-0.15, -0.1) is 0 Å². The number of amidine groups is 2. The summed E-state index contributed by atoms with van der Waals surface area (Å²) in [5, 5.41) is 3.92. The van der Waals surface area contributed by atoms with Crippen molar-refractivity contribution in [3.8, 4) is 0 Å². The summed E-state index contributed by atoms with van der Waals surface area (Å²) in [5.74, 6) is 0.459. The SMILES string of the molecule is CCCC1N=C2c3ccccc3N=C(SCC(=O)Nc3cc(Cl)ccc3C)N2C1=O. The Morgan fingerprint density at radius 3 is 2.87 bits per heavy atom. The highest BCUT2D eigenvalue weighted by atomic mass is 35.5. The Balaban J connectivity index is 1.54. The molecule has 8 heteroatoms. The summed E-state index contributed by atoms with van der Waals surface area (Å²) in [5.41, 5.74) is 3.19. The number of nitrogens with one attached hydrogen (secondary N) is 1. The summed E-state index contributed by atoms with van der Waals surface area (Å²) in [6.45, 7) is 3.94. The predicted molar refractivity (Wildman–Crippen MR) is 123 cm³/mol. The lowest BCUT2D eigenvalue weighted by Gasteiger charge is -2.25. The van der Waals surface area contributed by atoms with Crippen LogP contribution in [0.3, 0.4) is 0 Å². The van der Waals surface area contributed by atoms with Crippen molar-refractivity contribution in [2.45, 2.75) is 32.7 Å². The highest BCUT2D eigenvalue weighted by Crippen LogP contribution is 2.34. The van der Waals surface area contributed by atoms with Crippen molar-refractivity contribution in [2.24, 2.45) is 9.98 Å². The van der Waals surface area contributed by atoms with Crippen LogP contribution < -0.4 is 5.32 Å². The number of hydrogen-bond donors (Lipinski definition) is 1. The molecule has 1 N–H and O–H groups in total. The van der Waals surface area contributed by atoms with Crippen molar-refractivity contribution < 1.29 is 9.59 Å². The van der Waals surface area contributed by atoms with Crippen LogP contribution in [0.4, 0.5) is 11.4 Å². The normalized spacial score (nSPS) is 17.2. The Labute approximate surface area is 184 Å². The third kappa shape index (κ3) is 4.00. The lowest BCUT2D eigenvalue weighted by molar-refractivity contribution is -0.124. The van der Waals surface area contributed by atoms with E-state index in [2.05, 4.69) is 15.3 Å². The number of thioether (sulfide) groups is 1. The Bertz CT molecular complexity index is 1080. The van der Waals surface area contributed by atoms with Crippen LogP contribution in [0.1, 0.15) is 30.9 Å². The number of para-hydroxylation sites is 1. The Hall–Kier alpha value is -2.64. The van der Waals surface area contributed by atoms with Gasteiger partial charge in [0.25, 0.3) is 5.91 Å². The van der Waals surface area contributed by atoms with Gasteiger partial charge in [0.15, 0.2) is 5.17 Å². The standard InChI is InChI=1S/C22H21ClN4O2S/c1-3-6-17-21(29)27-20(25-17)15-7-4-5-8-16(15)26-22(27)30-12-19(28)24-18-11-14(23)10-9-13(18)2/h4-5,7-11,17H,3,6,12H2,1-2H3,(H,24,28). The van der Waals surface area contributed by atoms with Gasteiger partial charge in [-0.2, -0.15) is 0 Å². The van der Waals surface area contributed by atoms with Crippen molar-refractivity contribution in [3.05, 3.63) is 58.6 Å². The maximum absolute atomic E-state index is 13.0. The molecule has 2 aromatic carbocycles. The maximum Gasteiger partial charge on any atom is 0.259 e. The van der Waals surface area contributed by atoms with Crippen LogP contribution in [-0.4, -0.2) is 39.5 Å². The van der Waals surface area contributed by atoms with Crippen molar-refractivity contribution in [2.75, 3.05) is 11.1 Å². The third-order valence-corrected chi connectivity index (χ3v) is 6.09. The number of aliphatic imine (C=N–C) groups is 2. The minimum atomic E-state index is -0.398. The Morgan fingerprint density at radius 1 is 1.27 bits per heavy atom. The summed E-state index contributed by atoms with van der Waals surface area (Å²) in [6.07, 6.45) is 1.55. The predicted octanol–water partition coefficient (Wildman–Crippen LogP) is 4.78. The van der Waals surface area contributed by atoms with Gasteiger partial charge in [0, 0.05) is 16.3 Å². The number of halogens is 1. The number of fused-ring (bicyclic) bond motifs is 3. The van der Waals surface area contributed by atoms with Crippen LogP contribution >= 0.6 is 23.4 Å². The molecule has 2 aliphatic heterocycles. The summed E-state index contributed by atoms with van der Waals surface area (Å²) in [6, 6.07) is 12.6. The van der Waals surface area contributed by atoms with E-state index in [1.54, 1.807) is 17.0 Å². The van der Waals surface area contributed by atoms with E-state index in [0.717, 1.165) is 23.2 Å². The number of rotatable bonds is 5. The second-order valence-electron chi connectivity index (χ2n) is 7.14. The van der Waals surface area contributed by atoms with E-state index in [-0.39, 0.29) is 17.6 Å². The number of aryl methyl sites for hydroxylation is 1. The van der Waals surface area contributed by atoms with Gasteiger partial charge in [0.05, 0.1) is 11.4 Å². The van der Waals surface area contributed by atoms with E-state index in [0.29, 0.717) is 28.1 Å². The average molecular weight is 441 g/mol. The first-order valence-electron chi connectivity index (χ1n) is 9.76. The van der Waals surface area contributed by atoms with Gasteiger partial charge in [0.1, 0.15) is 11.9 Å². The molecule has 0 radical (unpaired) electrons. The number of carbonyl (C=O) groups excluding carboxylic acids is 2. The molecule has 2 aliphatic rings. The average Bonchev–Trinajstić information content (AvgIpc) is 3.06.